The van der Waals surface area contributed by atoms with Gasteiger partial charge in [0.2, 0.25) is 5.71 Å². The molecule has 134 valence electrons. The Morgan fingerprint density at radius 3 is 2.50 bits per heavy atom. The molecule has 0 amide bonds. The van der Waals surface area contributed by atoms with Crippen molar-refractivity contribution >= 4 is 17.3 Å². The summed E-state index contributed by atoms with van der Waals surface area (Å²) in [5, 5.41) is 9.70. The van der Waals surface area contributed by atoms with Gasteiger partial charge in [-0.2, -0.15) is 14.7 Å². The Balaban J connectivity index is 1.98. The van der Waals surface area contributed by atoms with Gasteiger partial charge in [0.1, 0.15) is 28.9 Å². The molecule has 0 radical (unpaired) electrons. The number of ether oxygens (including phenoxy) is 1. The molecular formula is C18H18ClN5O2. The Hall–Kier alpha value is -2.80. The van der Waals surface area contributed by atoms with E-state index in [0.717, 1.165) is 34.2 Å². The van der Waals surface area contributed by atoms with Crippen LogP contribution in [0.25, 0.3) is 22.7 Å². The molecule has 0 N–H and O–H groups in total. The van der Waals surface area contributed by atoms with Gasteiger partial charge in [0.15, 0.2) is 5.69 Å². The number of benzene rings is 1. The normalized spacial score (nSPS) is 11.5. The van der Waals surface area contributed by atoms with Crippen LogP contribution in [0.2, 0.25) is 5.02 Å². The van der Waals surface area contributed by atoms with E-state index in [4.69, 9.17) is 20.8 Å². The lowest BCUT2D eigenvalue weighted by atomic mass is 10.1. The van der Waals surface area contributed by atoms with Gasteiger partial charge in [-0.3, -0.25) is 0 Å². The lowest BCUT2D eigenvalue weighted by molar-refractivity contribution is 0.415. The van der Waals surface area contributed by atoms with E-state index in [1.807, 2.05) is 39.8 Å². The smallest absolute Gasteiger partial charge is 0.249 e. The fourth-order valence-corrected chi connectivity index (χ4v) is 3.44. The van der Waals surface area contributed by atoms with Crippen LogP contribution in [0.5, 0.6) is 5.75 Å². The number of halogens is 1. The highest BCUT2D eigenvalue weighted by atomic mass is 35.5. The van der Waals surface area contributed by atoms with Crippen LogP contribution in [-0.2, 0) is 0 Å². The molecule has 4 aromatic rings. The third-order valence-corrected chi connectivity index (χ3v) is 4.61. The van der Waals surface area contributed by atoms with E-state index in [1.165, 1.54) is 0 Å². The van der Waals surface area contributed by atoms with Crippen LogP contribution in [0.3, 0.4) is 0 Å². The minimum Gasteiger partial charge on any atom is -0.497 e. The maximum Gasteiger partial charge on any atom is 0.249 e. The van der Waals surface area contributed by atoms with Gasteiger partial charge >= 0.3 is 0 Å². The van der Waals surface area contributed by atoms with E-state index in [0.29, 0.717) is 22.3 Å². The van der Waals surface area contributed by atoms with E-state index >= 15 is 0 Å². The minimum atomic E-state index is 0.567. The Bertz CT molecular complexity index is 1140. The van der Waals surface area contributed by atoms with Gasteiger partial charge in [0.25, 0.3) is 0 Å². The van der Waals surface area contributed by atoms with E-state index in [9.17, 15) is 0 Å². The molecule has 8 heteroatoms. The van der Waals surface area contributed by atoms with Gasteiger partial charge in [-0.25, -0.2) is 9.67 Å². The van der Waals surface area contributed by atoms with Gasteiger partial charge in [-0.15, -0.1) is 0 Å². The van der Waals surface area contributed by atoms with Crippen LogP contribution in [0, 0.1) is 27.7 Å². The van der Waals surface area contributed by atoms with Crippen molar-refractivity contribution in [1.29, 1.82) is 0 Å². The lowest BCUT2D eigenvalue weighted by Gasteiger charge is -2.06. The molecular weight excluding hydrogens is 354 g/mol. The first-order valence-corrected chi connectivity index (χ1v) is 8.51. The van der Waals surface area contributed by atoms with Crippen LogP contribution in [0.1, 0.15) is 23.1 Å². The maximum absolute atomic E-state index is 6.47. The summed E-state index contributed by atoms with van der Waals surface area (Å²) in [6.45, 7) is 7.57. The summed E-state index contributed by atoms with van der Waals surface area (Å²) in [6.07, 6.45) is 0. The highest BCUT2D eigenvalue weighted by molar-refractivity contribution is 6.33. The molecule has 4 rings (SSSR count). The van der Waals surface area contributed by atoms with Crippen LogP contribution in [-0.4, -0.2) is 31.5 Å². The minimum absolute atomic E-state index is 0.567. The number of hydrogen-bond acceptors (Lipinski definition) is 5. The highest BCUT2D eigenvalue weighted by Gasteiger charge is 2.24. The third kappa shape index (κ3) is 2.39. The first kappa shape index (κ1) is 16.7. The molecule has 0 aliphatic carbocycles. The summed E-state index contributed by atoms with van der Waals surface area (Å²) in [5.41, 5.74) is 3.81. The molecule has 0 spiro atoms. The van der Waals surface area contributed by atoms with Gasteiger partial charge in [-0.1, -0.05) is 11.6 Å². The molecule has 0 fully saturated rings. The molecule has 7 nitrogen and oxygen atoms in total. The fourth-order valence-electron chi connectivity index (χ4n) is 3.18. The largest absolute Gasteiger partial charge is 0.497 e. The SMILES string of the molecule is COc1ccc(-c2c(C)oc3c(-n4nc(C)nc4C)c(C)nn23)c(Cl)c1. The van der Waals surface area contributed by atoms with E-state index < -0.39 is 0 Å². The molecule has 1 aromatic carbocycles. The van der Waals surface area contributed by atoms with E-state index in [2.05, 4.69) is 15.2 Å². The number of fused-ring (bicyclic) bond motifs is 1. The summed E-state index contributed by atoms with van der Waals surface area (Å²) in [5.74, 6) is 2.89. The number of rotatable bonds is 3. The van der Waals surface area contributed by atoms with Crippen molar-refractivity contribution in [1.82, 2.24) is 24.4 Å². The standard InChI is InChI=1S/C18H18ClN5O2/c1-9-16(23-12(4)20-11(3)22-23)18-24(21-9)17(10(2)26-18)14-7-6-13(25-5)8-15(14)19/h6-8H,1-5H3. The van der Waals surface area contributed by atoms with Crippen molar-refractivity contribution in [2.24, 2.45) is 0 Å². The van der Waals surface area contributed by atoms with Gasteiger partial charge in [0, 0.05) is 5.56 Å². The summed E-state index contributed by atoms with van der Waals surface area (Å²) in [7, 11) is 1.61. The number of nitrogens with zero attached hydrogens (tertiary/aromatic N) is 5. The Kier molecular flexibility index (Phi) is 3.77. The van der Waals surface area contributed by atoms with Crippen molar-refractivity contribution in [2.45, 2.75) is 27.7 Å². The van der Waals surface area contributed by atoms with Crippen molar-refractivity contribution in [2.75, 3.05) is 7.11 Å². The molecule has 0 aliphatic rings. The van der Waals surface area contributed by atoms with E-state index in [-0.39, 0.29) is 0 Å². The zero-order valence-electron chi connectivity index (χ0n) is 15.2. The van der Waals surface area contributed by atoms with Gasteiger partial charge < -0.3 is 9.15 Å². The molecule has 0 bridgehead atoms. The average Bonchev–Trinajstić information content (AvgIpc) is 3.18. The van der Waals surface area contributed by atoms with Gasteiger partial charge in [0.05, 0.1) is 17.8 Å². The summed E-state index contributed by atoms with van der Waals surface area (Å²) in [4.78, 5) is 4.37. The Morgan fingerprint density at radius 1 is 1.12 bits per heavy atom. The Labute approximate surface area is 155 Å². The van der Waals surface area contributed by atoms with Crippen molar-refractivity contribution in [3.63, 3.8) is 0 Å². The zero-order chi connectivity index (χ0) is 18.6. The molecule has 0 aliphatic heterocycles. The number of hydrogen-bond donors (Lipinski definition) is 0. The second-order valence-electron chi connectivity index (χ2n) is 6.12. The molecule has 0 saturated carbocycles. The predicted octanol–water partition coefficient (Wildman–Crippen LogP) is 4.07. The topological polar surface area (TPSA) is 70.4 Å². The van der Waals surface area contributed by atoms with Crippen LogP contribution in [0.4, 0.5) is 0 Å². The second kappa shape index (κ2) is 5.88. The van der Waals surface area contributed by atoms with Crippen molar-refractivity contribution in [3.05, 3.63) is 46.3 Å². The first-order chi connectivity index (χ1) is 12.4. The molecule has 0 atom stereocenters. The molecule has 3 heterocycles. The summed E-state index contributed by atoms with van der Waals surface area (Å²) in [6, 6.07) is 5.54. The molecule has 26 heavy (non-hydrogen) atoms. The predicted molar refractivity (Wildman–Crippen MR) is 98.3 cm³/mol. The summed E-state index contributed by atoms with van der Waals surface area (Å²) >= 11 is 6.47. The first-order valence-electron chi connectivity index (χ1n) is 8.14. The third-order valence-electron chi connectivity index (χ3n) is 4.30. The zero-order valence-corrected chi connectivity index (χ0v) is 15.9. The number of oxazole rings is 1. The monoisotopic (exact) mass is 371 g/mol. The van der Waals surface area contributed by atoms with Crippen LogP contribution in [0.15, 0.2) is 22.6 Å². The van der Waals surface area contributed by atoms with Crippen LogP contribution < -0.4 is 4.74 Å². The maximum atomic E-state index is 6.47. The Morgan fingerprint density at radius 2 is 1.88 bits per heavy atom. The van der Waals surface area contributed by atoms with Crippen molar-refractivity contribution < 1.29 is 9.15 Å². The molecule has 3 aromatic heterocycles. The lowest BCUT2D eigenvalue weighted by Crippen LogP contribution is -2.00. The average molecular weight is 372 g/mol. The number of methoxy groups -OCH3 is 1. The summed E-state index contributed by atoms with van der Waals surface area (Å²) < 4.78 is 14.8. The molecule has 0 saturated heterocycles. The fraction of sp³-hybridized carbons (Fsp3) is 0.278. The second-order valence-corrected chi connectivity index (χ2v) is 6.53. The quantitative estimate of drug-likeness (QED) is 0.543. The highest BCUT2D eigenvalue weighted by Crippen LogP contribution is 2.36. The number of aromatic nitrogens is 5. The van der Waals surface area contributed by atoms with Gasteiger partial charge in [-0.05, 0) is 45.9 Å². The molecule has 0 unspecified atom stereocenters. The number of aryl methyl sites for hydroxylation is 4. The van der Waals surface area contributed by atoms with E-state index in [1.54, 1.807) is 22.4 Å². The van der Waals surface area contributed by atoms with Crippen LogP contribution >= 0.6 is 11.6 Å². The van der Waals surface area contributed by atoms with Crippen molar-refractivity contribution in [3.8, 4) is 22.7 Å².